The summed E-state index contributed by atoms with van der Waals surface area (Å²) in [7, 11) is 1.86. The fraction of sp³-hybridized carbons (Fsp3) is 0.0714. The minimum atomic E-state index is 0.369. The molecule has 0 aliphatic heterocycles. The van der Waals surface area contributed by atoms with Crippen LogP contribution in [0.25, 0.3) is 11.2 Å². The zero-order chi connectivity index (χ0) is 13.2. The highest BCUT2D eigenvalue weighted by atomic mass is 15.1. The summed E-state index contributed by atoms with van der Waals surface area (Å²) in [6, 6.07) is 9.75. The lowest BCUT2D eigenvalue weighted by Crippen LogP contribution is -1.95. The highest BCUT2D eigenvalue weighted by Gasteiger charge is 2.09. The monoisotopic (exact) mass is 249 g/mol. The van der Waals surface area contributed by atoms with E-state index in [1.807, 2.05) is 41.9 Å². The van der Waals surface area contributed by atoms with Gasteiger partial charge in [0, 0.05) is 12.6 Å². The number of hydrogen-bond donors (Lipinski definition) is 1. The van der Waals surface area contributed by atoms with Crippen molar-refractivity contribution in [3.05, 3.63) is 48.0 Å². The molecule has 5 nitrogen and oxygen atoms in total. The molecular weight excluding hydrogens is 238 g/mol. The Morgan fingerprint density at radius 2 is 1.89 bits per heavy atom. The van der Waals surface area contributed by atoms with Crippen LogP contribution in [0.2, 0.25) is 0 Å². The predicted octanol–water partition coefficient (Wildman–Crippen LogP) is 1.35. The number of rotatable bonds is 0. The van der Waals surface area contributed by atoms with Crippen molar-refractivity contribution >= 4 is 17.0 Å². The Kier molecular flexibility index (Phi) is 2.62. The van der Waals surface area contributed by atoms with Gasteiger partial charge in [-0.05, 0) is 18.1 Å². The summed E-state index contributed by atoms with van der Waals surface area (Å²) in [6.07, 6.45) is 1.42. The van der Waals surface area contributed by atoms with Crippen molar-refractivity contribution in [3.63, 3.8) is 0 Å². The Bertz CT molecular complexity index is 793. The van der Waals surface area contributed by atoms with Gasteiger partial charge in [0.25, 0.3) is 0 Å². The molecule has 0 saturated heterocycles. The average Bonchev–Trinajstić information content (AvgIpc) is 2.77. The smallest absolute Gasteiger partial charge is 0.187 e. The highest BCUT2D eigenvalue weighted by molar-refractivity contribution is 5.82. The summed E-state index contributed by atoms with van der Waals surface area (Å²) >= 11 is 0. The third-order valence-electron chi connectivity index (χ3n) is 2.78. The zero-order valence-electron chi connectivity index (χ0n) is 10.3. The van der Waals surface area contributed by atoms with Crippen LogP contribution in [0.15, 0.2) is 36.7 Å². The van der Waals surface area contributed by atoms with Crippen molar-refractivity contribution in [2.45, 2.75) is 0 Å². The van der Waals surface area contributed by atoms with E-state index in [1.165, 1.54) is 6.33 Å². The van der Waals surface area contributed by atoms with Crippen molar-refractivity contribution in [2.24, 2.45) is 7.05 Å². The molecule has 0 aliphatic rings. The van der Waals surface area contributed by atoms with Crippen LogP contribution >= 0.6 is 0 Å². The predicted molar refractivity (Wildman–Crippen MR) is 73.1 cm³/mol. The lowest BCUT2D eigenvalue weighted by Gasteiger charge is -1.94. The van der Waals surface area contributed by atoms with Crippen molar-refractivity contribution in [3.8, 4) is 11.8 Å². The quantitative estimate of drug-likeness (QED) is 0.610. The topological polar surface area (TPSA) is 69.6 Å². The number of fused-ring (bicyclic) bond motifs is 1. The van der Waals surface area contributed by atoms with E-state index in [0.29, 0.717) is 22.8 Å². The van der Waals surface area contributed by atoms with Crippen molar-refractivity contribution in [1.29, 1.82) is 0 Å². The second-order valence-electron chi connectivity index (χ2n) is 4.04. The third kappa shape index (κ3) is 2.00. The van der Waals surface area contributed by atoms with Crippen LogP contribution in [0.4, 0.5) is 5.82 Å². The molecule has 0 radical (unpaired) electrons. The molecule has 0 amide bonds. The molecule has 3 aromatic rings. The SMILES string of the molecule is Cn1c(C#Cc2ccccc2)nc2c(N)ncnc21. The normalized spacial score (nSPS) is 10.2. The van der Waals surface area contributed by atoms with Crippen LogP contribution in [0.3, 0.4) is 0 Å². The van der Waals surface area contributed by atoms with Crippen molar-refractivity contribution < 1.29 is 0 Å². The van der Waals surface area contributed by atoms with Gasteiger partial charge in [-0.25, -0.2) is 15.0 Å². The second-order valence-corrected chi connectivity index (χ2v) is 4.04. The summed E-state index contributed by atoms with van der Waals surface area (Å²) in [5, 5.41) is 0. The van der Waals surface area contributed by atoms with Crippen LogP contribution < -0.4 is 5.73 Å². The maximum atomic E-state index is 5.77. The number of imidazole rings is 1. The van der Waals surface area contributed by atoms with Gasteiger partial charge < -0.3 is 10.3 Å². The van der Waals surface area contributed by atoms with Crippen LogP contribution in [0, 0.1) is 11.8 Å². The van der Waals surface area contributed by atoms with Gasteiger partial charge in [-0.2, -0.15) is 0 Å². The molecule has 0 bridgehead atoms. The van der Waals surface area contributed by atoms with E-state index in [0.717, 1.165) is 5.56 Å². The third-order valence-corrected chi connectivity index (χ3v) is 2.78. The minimum Gasteiger partial charge on any atom is -0.382 e. The van der Waals surface area contributed by atoms with E-state index in [4.69, 9.17) is 5.73 Å². The number of aryl methyl sites for hydroxylation is 1. The Labute approximate surface area is 110 Å². The highest BCUT2D eigenvalue weighted by Crippen LogP contribution is 2.15. The maximum absolute atomic E-state index is 5.77. The van der Waals surface area contributed by atoms with Crippen LogP contribution in [-0.4, -0.2) is 19.5 Å². The summed E-state index contributed by atoms with van der Waals surface area (Å²) in [6.45, 7) is 0. The van der Waals surface area contributed by atoms with Gasteiger partial charge in [0.2, 0.25) is 0 Å². The largest absolute Gasteiger partial charge is 0.382 e. The first-order valence-corrected chi connectivity index (χ1v) is 5.75. The molecule has 5 heteroatoms. The van der Waals surface area contributed by atoms with Gasteiger partial charge in [0.15, 0.2) is 22.8 Å². The molecule has 19 heavy (non-hydrogen) atoms. The average molecular weight is 249 g/mol. The summed E-state index contributed by atoms with van der Waals surface area (Å²) in [5.41, 5.74) is 7.98. The molecule has 0 aliphatic carbocycles. The molecule has 0 spiro atoms. The van der Waals surface area contributed by atoms with Gasteiger partial charge in [-0.15, -0.1) is 0 Å². The van der Waals surface area contributed by atoms with Gasteiger partial charge in [-0.3, -0.25) is 0 Å². The second kappa shape index (κ2) is 4.42. The van der Waals surface area contributed by atoms with E-state index < -0.39 is 0 Å². The van der Waals surface area contributed by atoms with Crippen LogP contribution in [-0.2, 0) is 7.05 Å². The molecule has 92 valence electrons. The van der Waals surface area contributed by atoms with Gasteiger partial charge in [0.05, 0.1) is 0 Å². The molecule has 3 rings (SSSR count). The maximum Gasteiger partial charge on any atom is 0.187 e. The summed E-state index contributed by atoms with van der Waals surface area (Å²) in [4.78, 5) is 12.4. The van der Waals surface area contributed by atoms with Gasteiger partial charge >= 0.3 is 0 Å². The Hall–Kier alpha value is -2.87. The Morgan fingerprint density at radius 1 is 1.11 bits per heavy atom. The molecule has 0 saturated carbocycles. The zero-order valence-corrected chi connectivity index (χ0v) is 10.3. The van der Waals surface area contributed by atoms with E-state index in [9.17, 15) is 0 Å². The standard InChI is InChI=1S/C14H11N5/c1-19-11(8-7-10-5-3-2-4-6-10)18-12-13(15)16-9-17-14(12)19/h2-6,9H,1H3,(H2,15,16,17). The Balaban J connectivity index is 2.10. The van der Waals surface area contributed by atoms with Crippen molar-refractivity contribution in [2.75, 3.05) is 5.73 Å². The number of nitrogen functional groups attached to an aromatic ring is 1. The van der Waals surface area contributed by atoms with Crippen LogP contribution in [0.1, 0.15) is 11.4 Å². The van der Waals surface area contributed by atoms with Crippen molar-refractivity contribution in [1.82, 2.24) is 19.5 Å². The minimum absolute atomic E-state index is 0.369. The number of nitrogens with zero attached hydrogens (tertiary/aromatic N) is 4. The number of benzene rings is 1. The number of nitrogens with two attached hydrogens (primary N) is 1. The fourth-order valence-electron chi connectivity index (χ4n) is 1.78. The van der Waals surface area contributed by atoms with Gasteiger partial charge in [-0.1, -0.05) is 24.1 Å². The molecular formula is C14H11N5. The first-order chi connectivity index (χ1) is 9.25. The number of hydrogen-bond acceptors (Lipinski definition) is 4. The fourth-order valence-corrected chi connectivity index (χ4v) is 1.78. The molecule has 2 heterocycles. The first kappa shape index (κ1) is 11.2. The molecule has 2 N–H and O–H groups in total. The lowest BCUT2D eigenvalue weighted by molar-refractivity contribution is 0.908. The number of anilines is 1. The van der Waals surface area contributed by atoms with E-state index in [1.54, 1.807) is 0 Å². The summed E-state index contributed by atoms with van der Waals surface area (Å²) < 4.78 is 1.81. The van der Waals surface area contributed by atoms with E-state index in [2.05, 4.69) is 26.8 Å². The van der Waals surface area contributed by atoms with Gasteiger partial charge in [0.1, 0.15) is 6.33 Å². The van der Waals surface area contributed by atoms with E-state index >= 15 is 0 Å². The molecule has 0 unspecified atom stereocenters. The first-order valence-electron chi connectivity index (χ1n) is 5.75. The van der Waals surface area contributed by atoms with Crippen LogP contribution in [0.5, 0.6) is 0 Å². The molecule has 1 aromatic carbocycles. The summed E-state index contributed by atoms with van der Waals surface area (Å²) in [5.74, 6) is 7.07. The Morgan fingerprint density at radius 3 is 2.63 bits per heavy atom. The molecule has 0 fully saturated rings. The molecule has 2 aromatic heterocycles. The number of aromatic nitrogens is 4. The molecule has 0 atom stereocenters. The lowest BCUT2D eigenvalue weighted by atomic mass is 10.2. The van der Waals surface area contributed by atoms with E-state index in [-0.39, 0.29) is 0 Å².